The number of ketones is 1. The Morgan fingerprint density at radius 2 is 1.74 bits per heavy atom. The number of carbonyl (C=O) groups is 2. The normalized spacial score (nSPS) is 18.7. The summed E-state index contributed by atoms with van der Waals surface area (Å²) >= 11 is 0. The molecule has 0 heterocycles. The third-order valence-electron chi connectivity index (χ3n) is 2.86. The Morgan fingerprint density at radius 3 is 2.09 bits per heavy atom. The lowest BCUT2D eigenvalue weighted by Crippen LogP contribution is -2.65. The molecule has 0 spiro atoms. The SMILES string of the molecule is CCS(=O)(=O)O[C@](C(=O)O)(C(=O)COO)[C@@H](O)[C@H](O)[C@H](O)CO. The zero-order chi connectivity index (χ0) is 18.4. The van der Waals surface area contributed by atoms with Crippen LogP contribution in [0.5, 0.6) is 0 Å². The second kappa shape index (κ2) is 8.60. The molecule has 0 unspecified atom stereocenters. The Hall–Kier alpha value is -1.19. The molecule has 0 rings (SSSR count). The van der Waals surface area contributed by atoms with E-state index in [0.717, 1.165) is 6.92 Å². The van der Waals surface area contributed by atoms with Crippen LogP contribution in [-0.4, -0.2) is 93.8 Å². The van der Waals surface area contributed by atoms with E-state index in [-0.39, 0.29) is 0 Å². The molecule has 0 radical (unpaired) electrons. The summed E-state index contributed by atoms with van der Waals surface area (Å²) in [5, 5.41) is 54.9. The average molecular weight is 362 g/mol. The van der Waals surface area contributed by atoms with E-state index in [2.05, 4.69) is 9.07 Å². The molecule has 0 aliphatic heterocycles. The minimum atomic E-state index is -4.65. The van der Waals surface area contributed by atoms with E-state index in [9.17, 15) is 38.4 Å². The van der Waals surface area contributed by atoms with Crippen molar-refractivity contribution in [2.24, 2.45) is 0 Å². The first-order valence-corrected chi connectivity index (χ1v) is 7.69. The van der Waals surface area contributed by atoms with E-state index in [1.54, 1.807) is 0 Å². The van der Waals surface area contributed by atoms with Crippen molar-refractivity contribution < 1.29 is 57.9 Å². The summed E-state index contributed by atoms with van der Waals surface area (Å²) in [7, 11) is -4.65. The molecule has 0 saturated heterocycles. The van der Waals surface area contributed by atoms with Crippen molar-refractivity contribution in [1.29, 1.82) is 0 Å². The van der Waals surface area contributed by atoms with E-state index < -0.39 is 64.8 Å². The summed E-state index contributed by atoms with van der Waals surface area (Å²) in [5.74, 6) is -4.88. The maximum Gasteiger partial charge on any atom is 0.348 e. The van der Waals surface area contributed by atoms with Crippen molar-refractivity contribution in [2.45, 2.75) is 30.8 Å². The molecule has 0 aromatic carbocycles. The fourth-order valence-corrected chi connectivity index (χ4v) is 2.31. The summed E-state index contributed by atoms with van der Waals surface area (Å²) < 4.78 is 27.4. The number of rotatable bonds is 11. The van der Waals surface area contributed by atoms with Gasteiger partial charge < -0.3 is 25.5 Å². The standard InChI is InChI=1S/C10H18O12S/c1-2-23(19,20)22-10(9(16)17,6(13)4-21-18)8(15)7(14)5(12)3-11/h5,7-8,11-12,14-15,18H,2-4H2,1H3,(H,16,17)/t5-,7-,8+,10-/m1/s1. The van der Waals surface area contributed by atoms with Crippen molar-refractivity contribution in [3.8, 4) is 0 Å². The molecule has 0 aliphatic rings. The fraction of sp³-hybridized carbons (Fsp3) is 0.800. The Balaban J connectivity index is 6.12. The van der Waals surface area contributed by atoms with Crippen LogP contribution in [0.2, 0.25) is 0 Å². The van der Waals surface area contributed by atoms with Crippen molar-refractivity contribution in [1.82, 2.24) is 0 Å². The molecule has 0 saturated carbocycles. The summed E-state index contributed by atoms with van der Waals surface area (Å²) in [4.78, 5) is 26.7. The van der Waals surface area contributed by atoms with Crippen LogP contribution in [0, 0.1) is 0 Å². The lowest BCUT2D eigenvalue weighted by atomic mass is 9.86. The smallest absolute Gasteiger partial charge is 0.348 e. The van der Waals surface area contributed by atoms with Crippen LogP contribution in [-0.2, 0) is 28.8 Å². The van der Waals surface area contributed by atoms with Crippen LogP contribution in [0.1, 0.15) is 6.92 Å². The predicted octanol–water partition coefficient (Wildman–Crippen LogP) is -3.69. The molecule has 4 atom stereocenters. The summed E-state index contributed by atoms with van der Waals surface area (Å²) in [5.41, 5.74) is -3.60. The zero-order valence-corrected chi connectivity index (χ0v) is 12.7. The highest BCUT2D eigenvalue weighted by Gasteiger charge is 2.59. The monoisotopic (exact) mass is 362 g/mol. The zero-order valence-electron chi connectivity index (χ0n) is 11.9. The van der Waals surface area contributed by atoms with Gasteiger partial charge in [-0.25, -0.2) is 13.9 Å². The van der Waals surface area contributed by atoms with Gasteiger partial charge in [0.1, 0.15) is 24.9 Å². The molecule has 6 N–H and O–H groups in total. The van der Waals surface area contributed by atoms with Gasteiger partial charge in [0.25, 0.3) is 15.7 Å². The molecule has 0 aromatic rings. The molecule has 12 nitrogen and oxygen atoms in total. The third kappa shape index (κ3) is 4.89. The van der Waals surface area contributed by atoms with Gasteiger partial charge in [0.2, 0.25) is 5.78 Å². The number of Topliss-reactive ketones (excluding diaryl/α,β-unsaturated/α-hetero) is 1. The van der Waals surface area contributed by atoms with Gasteiger partial charge >= 0.3 is 5.97 Å². The summed E-state index contributed by atoms with van der Waals surface area (Å²) in [6, 6.07) is 0. The second-order valence-corrected chi connectivity index (χ2v) is 6.21. The van der Waals surface area contributed by atoms with Gasteiger partial charge in [-0.2, -0.15) is 8.42 Å². The van der Waals surface area contributed by atoms with Gasteiger partial charge in [-0.05, 0) is 6.92 Å². The molecule has 23 heavy (non-hydrogen) atoms. The maximum atomic E-state index is 11.9. The van der Waals surface area contributed by atoms with E-state index >= 15 is 0 Å². The third-order valence-corrected chi connectivity index (χ3v) is 4.08. The topological polar surface area (TPSA) is 208 Å². The summed E-state index contributed by atoms with van der Waals surface area (Å²) in [6.07, 6.45) is -7.39. The van der Waals surface area contributed by atoms with E-state index in [4.69, 9.17) is 10.4 Å². The lowest BCUT2D eigenvalue weighted by Gasteiger charge is -2.34. The number of carboxylic acid groups (broad SMARTS) is 1. The highest BCUT2D eigenvalue weighted by Crippen LogP contribution is 2.26. The Morgan fingerprint density at radius 1 is 1.22 bits per heavy atom. The average Bonchev–Trinajstić information content (AvgIpc) is 2.50. The molecule has 0 fully saturated rings. The number of carbonyl (C=O) groups excluding carboxylic acids is 1. The van der Waals surface area contributed by atoms with Crippen LogP contribution < -0.4 is 0 Å². The van der Waals surface area contributed by atoms with Crippen molar-refractivity contribution in [3.63, 3.8) is 0 Å². The number of aliphatic hydroxyl groups is 4. The van der Waals surface area contributed by atoms with Crippen molar-refractivity contribution >= 4 is 21.9 Å². The molecule has 136 valence electrons. The second-order valence-electron chi connectivity index (χ2n) is 4.35. The predicted molar refractivity (Wildman–Crippen MR) is 69.6 cm³/mol. The van der Waals surface area contributed by atoms with E-state index in [0.29, 0.717) is 0 Å². The number of hydrogen-bond donors (Lipinski definition) is 6. The largest absolute Gasteiger partial charge is 0.479 e. The van der Waals surface area contributed by atoms with Gasteiger partial charge in [0.15, 0.2) is 0 Å². The number of hydrogen-bond acceptors (Lipinski definition) is 11. The van der Waals surface area contributed by atoms with E-state index in [1.807, 2.05) is 0 Å². The van der Waals surface area contributed by atoms with Crippen molar-refractivity contribution in [3.05, 3.63) is 0 Å². The van der Waals surface area contributed by atoms with Gasteiger partial charge in [0, 0.05) is 0 Å². The Labute approximate surface area is 130 Å². The number of aliphatic hydroxyl groups excluding tert-OH is 4. The minimum Gasteiger partial charge on any atom is -0.479 e. The van der Waals surface area contributed by atoms with Gasteiger partial charge in [-0.15, -0.1) is 0 Å². The first-order valence-electron chi connectivity index (χ1n) is 6.11. The molecule has 13 heteroatoms. The quantitative estimate of drug-likeness (QED) is 0.0908. The van der Waals surface area contributed by atoms with Crippen LogP contribution in [0.25, 0.3) is 0 Å². The van der Waals surface area contributed by atoms with Gasteiger partial charge in [-0.1, -0.05) is 0 Å². The van der Waals surface area contributed by atoms with Crippen molar-refractivity contribution in [2.75, 3.05) is 19.0 Å². The molecular weight excluding hydrogens is 344 g/mol. The summed E-state index contributed by atoms with van der Waals surface area (Å²) in [6.45, 7) is -1.50. The van der Waals surface area contributed by atoms with E-state index in [1.165, 1.54) is 0 Å². The first kappa shape index (κ1) is 21.8. The lowest BCUT2D eigenvalue weighted by molar-refractivity contribution is -0.245. The Kier molecular flexibility index (Phi) is 8.16. The van der Waals surface area contributed by atoms with Crippen LogP contribution >= 0.6 is 0 Å². The van der Waals surface area contributed by atoms with Crippen LogP contribution in [0.4, 0.5) is 0 Å². The highest BCUT2D eigenvalue weighted by molar-refractivity contribution is 7.86. The fourth-order valence-electron chi connectivity index (χ4n) is 1.53. The highest BCUT2D eigenvalue weighted by atomic mass is 32.2. The number of carboxylic acids is 1. The van der Waals surface area contributed by atoms with Crippen LogP contribution in [0.3, 0.4) is 0 Å². The molecule has 0 bridgehead atoms. The minimum absolute atomic E-state index is 0.791. The van der Waals surface area contributed by atoms with Gasteiger partial charge in [0.05, 0.1) is 12.4 Å². The molecular formula is C10H18O12S. The first-order chi connectivity index (χ1) is 10.5. The van der Waals surface area contributed by atoms with Gasteiger partial charge in [-0.3, -0.25) is 10.1 Å². The molecule has 0 amide bonds. The molecule has 0 aromatic heterocycles. The Bertz CT molecular complexity index is 516. The number of aliphatic carboxylic acids is 1. The maximum absolute atomic E-state index is 11.9. The molecule has 0 aliphatic carbocycles. The van der Waals surface area contributed by atoms with Crippen LogP contribution in [0.15, 0.2) is 0 Å².